The number of ether oxygens (including phenoxy) is 1. The van der Waals surface area contributed by atoms with Crippen LogP contribution < -0.4 is 10.5 Å². The average molecular weight is 254 g/mol. The third-order valence-corrected chi connectivity index (χ3v) is 2.93. The lowest BCUT2D eigenvalue weighted by Crippen LogP contribution is -2.29. The van der Waals surface area contributed by atoms with Gasteiger partial charge in [0.25, 0.3) is 0 Å². The third-order valence-electron chi connectivity index (χ3n) is 2.93. The summed E-state index contributed by atoms with van der Waals surface area (Å²) < 4.78 is 5.53. The first kappa shape index (κ1) is 13.1. The zero-order valence-electron chi connectivity index (χ0n) is 11.0. The lowest BCUT2D eigenvalue weighted by atomic mass is 10.1. The molecule has 0 saturated heterocycles. The van der Waals surface area contributed by atoms with Gasteiger partial charge in [0.15, 0.2) is 6.10 Å². The first-order valence-electron chi connectivity index (χ1n) is 6.28. The molecule has 0 fully saturated rings. The van der Waals surface area contributed by atoms with Gasteiger partial charge in [-0.1, -0.05) is 42.5 Å². The van der Waals surface area contributed by atoms with E-state index >= 15 is 0 Å². The summed E-state index contributed by atoms with van der Waals surface area (Å²) in [7, 11) is 0. The van der Waals surface area contributed by atoms with Gasteiger partial charge in [-0.25, -0.2) is 0 Å². The van der Waals surface area contributed by atoms with Crippen LogP contribution in [0.4, 0.5) is 0 Å². The summed E-state index contributed by atoms with van der Waals surface area (Å²) in [6.07, 6.45) is 0.517. The third kappa shape index (κ3) is 3.85. The maximum absolute atomic E-state index is 7.29. The maximum atomic E-state index is 7.29. The standard InChI is InChI=1S/C16H18N2O/c1-12(16(17)18)19-15-9-7-14(8-10-15)11-13-5-3-2-4-6-13/h2-10,12H,11H2,1H3,(H3,17,18). The SMILES string of the molecule is CC(Oc1ccc(Cc2ccccc2)cc1)C(=N)N. The Hall–Kier alpha value is -2.29. The molecule has 1 unspecified atom stereocenters. The van der Waals surface area contributed by atoms with Crippen molar-refractivity contribution in [2.45, 2.75) is 19.4 Å². The van der Waals surface area contributed by atoms with Crippen LogP contribution >= 0.6 is 0 Å². The summed E-state index contributed by atoms with van der Waals surface area (Å²) in [6, 6.07) is 18.2. The van der Waals surface area contributed by atoms with Gasteiger partial charge < -0.3 is 10.5 Å². The van der Waals surface area contributed by atoms with E-state index in [4.69, 9.17) is 15.9 Å². The van der Waals surface area contributed by atoms with Gasteiger partial charge in [0.1, 0.15) is 11.6 Å². The monoisotopic (exact) mass is 254 g/mol. The molecule has 0 radical (unpaired) electrons. The van der Waals surface area contributed by atoms with E-state index in [1.165, 1.54) is 11.1 Å². The van der Waals surface area contributed by atoms with Crippen molar-refractivity contribution in [2.24, 2.45) is 5.73 Å². The Kier molecular flexibility index (Phi) is 4.18. The first-order valence-corrected chi connectivity index (χ1v) is 6.28. The highest BCUT2D eigenvalue weighted by atomic mass is 16.5. The highest BCUT2D eigenvalue weighted by Crippen LogP contribution is 2.16. The number of amidine groups is 1. The normalized spacial score (nSPS) is 11.8. The molecule has 0 heterocycles. The summed E-state index contributed by atoms with van der Waals surface area (Å²) in [5.74, 6) is 0.771. The van der Waals surface area contributed by atoms with Crippen molar-refractivity contribution in [2.75, 3.05) is 0 Å². The van der Waals surface area contributed by atoms with Crippen LogP contribution in [-0.2, 0) is 6.42 Å². The van der Waals surface area contributed by atoms with Crippen LogP contribution in [0, 0.1) is 5.41 Å². The van der Waals surface area contributed by atoms with E-state index < -0.39 is 0 Å². The van der Waals surface area contributed by atoms with Crippen molar-refractivity contribution in [1.29, 1.82) is 5.41 Å². The minimum Gasteiger partial charge on any atom is -0.483 e. The minimum atomic E-state index is -0.389. The number of benzene rings is 2. The molecule has 2 aromatic rings. The fraction of sp³-hybridized carbons (Fsp3) is 0.188. The molecule has 0 spiro atoms. The van der Waals surface area contributed by atoms with Crippen LogP contribution in [0.5, 0.6) is 5.75 Å². The molecule has 0 aromatic heterocycles. The molecule has 0 saturated carbocycles. The van der Waals surface area contributed by atoms with Crippen LogP contribution in [0.2, 0.25) is 0 Å². The van der Waals surface area contributed by atoms with E-state index in [0.29, 0.717) is 0 Å². The van der Waals surface area contributed by atoms with Crippen molar-refractivity contribution in [3.8, 4) is 5.75 Å². The molecule has 0 bridgehead atoms. The second kappa shape index (κ2) is 6.05. The van der Waals surface area contributed by atoms with Crippen molar-refractivity contribution in [3.05, 3.63) is 65.7 Å². The zero-order valence-corrected chi connectivity index (χ0v) is 11.0. The lowest BCUT2D eigenvalue weighted by Gasteiger charge is -2.13. The Morgan fingerprint density at radius 3 is 2.21 bits per heavy atom. The number of hydrogen-bond acceptors (Lipinski definition) is 2. The van der Waals surface area contributed by atoms with E-state index in [1.54, 1.807) is 6.92 Å². The Morgan fingerprint density at radius 1 is 1.05 bits per heavy atom. The molecular formula is C16H18N2O. The molecule has 0 aliphatic rings. The van der Waals surface area contributed by atoms with E-state index in [-0.39, 0.29) is 11.9 Å². The first-order chi connectivity index (χ1) is 9.15. The van der Waals surface area contributed by atoms with Crippen LogP contribution in [0.3, 0.4) is 0 Å². The zero-order chi connectivity index (χ0) is 13.7. The van der Waals surface area contributed by atoms with Crippen LogP contribution in [-0.4, -0.2) is 11.9 Å². The van der Waals surface area contributed by atoms with Gasteiger partial charge in [0, 0.05) is 0 Å². The van der Waals surface area contributed by atoms with E-state index in [0.717, 1.165) is 12.2 Å². The van der Waals surface area contributed by atoms with Crippen molar-refractivity contribution in [1.82, 2.24) is 0 Å². The summed E-state index contributed by atoms with van der Waals surface area (Å²) in [5, 5.41) is 7.29. The van der Waals surface area contributed by atoms with Gasteiger partial charge in [-0.3, -0.25) is 5.41 Å². The quantitative estimate of drug-likeness (QED) is 0.636. The van der Waals surface area contributed by atoms with Crippen LogP contribution in [0.15, 0.2) is 54.6 Å². The maximum Gasteiger partial charge on any atom is 0.152 e. The summed E-state index contributed by atoms with van der Waals surface area (Å²) in [4.78, 5) is 0. The van der Waals surface area contributed by atoms with Gasteiger partial charge in [0.05, 0.1) is 0 Å². The Morgan fingerprint density at radius 2 is 1.63 bits per heavy atom. The predicted octanol–water partition coefficient (Wildman–Crippen LogP) is 2.98. The molecule has 1 atom stereocenters. The van der Waals surface area contributed by atoms with Crippen molar-refractivity contribution >= 4 is 5.84 Å². The Labute approximate surface area is 113 Å². The molecule has 19 heavy (non-hydrogen) atoms. The average Bonchev–Trinajstić information content (AvgIpc) is 2.42. The molecule has 0 aliphatic carbocycles. The number of nitrogens with one attached hydrogen (secondary N) is 1. The molecule has 3 heteroatoms. The highest BCUT2D eigenvalue weighted by Gasteiger charge is 2.06. The largest absolute Gasteiger partial charge is 0.483 e. The Balaban J connectivity index is 2.01. The summed E-state index contributed by atoms with van der Waals surface area (Å²) in [6.45, 7) is 1.76. The van der Waals surface area contributed by atoms with Crippen LogP contribution in [0.1, 0.15) is 18.1 Å². The van der Waals surface area contributed by atoms with E-state index in [2.05, 4.69) is 12.1 Å². The number of rotatable bonds is 5. The highest BCUT2D eigenvalue weighted by molar-refractivity contribution is 5.81. The van der Waals surface area contributed by atoms with Gasteiger partial charge in [-0.05, 0) is 36.6 Å². The fourth-order valence-corrected chi connectivity index (χ4v) is 1.79. The second-order valence-corrected chi connectivity index (χ2v) is 4.52. The second-order valence-electron chi connectivity index (χ2n) is 4.52. The molecular weight excluding hydrogens is 236 g/mol. The topological polar surface area (TPSA) is 59.1 Å². The van der Waals surface area contributed by atoms with Gasteiger partial charge in [-0.15, -0.1) is 0 Å². The summed E-state index contributed by atoms with van der Waals surface area (Å²) >= 11 is 0. The summed E-state index contributed by atoms with van der Waals surface area (Å²) in [5.41, 5.74) is 7.89. The number of hydrogen-bond donors (Lipinski definition) is 2. The van der Waals surface area contributed by atoms with E-state index in [9.17, 15) is 0 Å². The van der Waals surface area contributed by atoms with E-state index in [1.807, 2.05) is 42.5 Å². The Bertz CT molecular complexity index is 534. The van der Waals surface area contributed by atoms with Crippen molar-refractivity contribution < 1.29 is 4.74 Å². The molecule has 98 valence electrons. The van der Waals surface area contributed by atoms with Crippen LogP contribution in [0.25, 0.3) is 0 Å². The van der Waals surface area contributed by atoms with Crippen molar-refractivity contribution in [3.63, 3.8) is 0 Å². The van der Waals surface area contributed by atoms with Gasteiger partial charge >= 0.3 is 0 Å². The molecule has 2 aromatic carbocycles. The molecule has 0 aliphatic heterocycles. The van der Waals surface area contributed by atoms with Gasteiger partial charge in [-0.2, -0.15) is 0 Å². The predicted molar refractivity (Wildman–Crippen MR) is 77.7 cm³/mol. The molecule has 2 rings (SSSR count). The number of nitrogens with two attached hydrogens (primary N) is 1. The van der Waals surface area contributed by atoms with Gasteiger partial charge in [0.2, 0.25) is 0 Å². The minimum absolute atomic E-state index is 0.0355. The fourth-order valence-electron chi connectivity index (χ4n) is 1.79. The molecule has 3 N–H and O–H groups in total. The smallest absolute Gasteiger partial charge is 0.152 e. The molecule has 3 nitrogen and oxygen atoms in total. The lowest BCUT2D eigenvalue weighted by molar-refractivity contribution is 0.284. The molecule has 0 amide bonds.